The maximum atomic E-state index is 12.9. The van der Waals surface area contributed by atoms with Crippen molar-refractivity contribution in [2.24, 2.45) is 0 Å². The predicted molar refractivity (Wildman–Crippen MR) is 86.1 cm³/mol. The van der Waals surface area contributed by atoms with Crippen molar-refractivity contribution in [2.45, 2.75) is 29.4 Å². The van der Waals surface area contributed by atoms with Crippen LogP contribution >= 0.6 is 0 Å². The summed E-state index contributed by atoms with van der Waals surface area (Å²) < 4.78 is 103. The standard InChI is InChI=1S/C17H11F6NO3S/c18-16(19,20)11-3-9(4-12(7-11)17(21,22)23)8-28(26,27)13-1-2-14-10(5-13)6-15(25)24-14/h1-5,7H,6,8H2,(H,24,25). The molecule has 0 radical (unpaired) electrons. The second-order valence-corrected chi connectivity index (χ2v) is 8.21. The van der Waals surface area contributed by atoms with Crippen molar-refractivity contribution in [1.82, 2.24) is 0 Å². The van der Waals surface area contributed by atoms with Gasteiger partial charge in [-0.25, -0.2) is 8.42 Å². The highest BCUT2D eigenvalue weighted by atomic mass is 32.2. The van der Waals surface area contributed by atoms with E-state index < -0.39 is 44.6 Å². The maximum Gasteiger partial charge on any atom is 0.416 e. The molecule has 1 amide bonds. The summed E-state index contributed by atoms with van der Waals surface area (Å²) in [5.41, 5.74) is -3.03. The van der Waals surface area contributed by atoms with Crippen molar-refractivity contribution in [1.29, 1.82) is 0 Å². The molecule has 1 aliphatic rings. The molecule has 0 saturated heterocycles. The van der Waals surface area contributed by atoms with Crippen molar-refractivity contribution >= 4 is 21.4 Å². The zero-order valence-corrected chi connectivity index (χ0v) is 14.6. The van der Waals surface area contributed by atoms with E-state index in [1.165, 1.54) is 12.1 Å². The molecule has 11 heteroatoms. The normalized spacial score (nSPS) is 14.7. The van der Waals surface area contributed by atoms with E-state index in [2.05, 4.69) is 5.32 Å². The molecular formula is C17H11F6NO3S. The molecule has 0 bridgehead atoms. The lowest BCUT2D eigenvalue weighted by atomic mass is 10.1. The second-order valence-electron chi connectivity index (χ2n) is 6.22. The minimum atomic E-state index is -5.07. The molecule has 2 aromatic rings. The Morgan fingerprint density at radius 2 is 1.46 bits per heavy atom. The Morgan fingerprint density at radius 1 is 0.893 bits per heavy atom. The molecule has 0 fully saturated rings. The summed E-state index contributed by atoms with van der Waals surface area (Å²) in [4.78, 5) is 11.0. The van der Waals surface area contributed by atoms with Crippen molar-refractivity contribution in [3.05, 3.63) is 58.7 Å². The lowest BCUT2D eigenvalue weighted by molar-refractivity contribution is -0.143. The Hall–Kier alpha value is -2.56. The third-order valence-electron chi connectivity index (χ3n) is 4.07. The monoisotopic (exact) mass is 423 g/mol. The van der Waals surface area contributed by atoms with Gasteiger partial charge in [0.05, 0.1) is 28.2 Å². The molecule has 1 N–H and O–H groups in total. The number of fused-ring (bicyclic) bond motifs is 1. The fourth-order valence-corrected chi connectivity index (χ4v) is 4.17. The first-order valence-electron chi connectivity index (χ1n) is 7.69. The third-order valence-corrected chi connectivity index (χ3v) is 5.75. The molecule has 0 unspecified atom stereocenters. The molecule has 0 aliphatic carbocycles. The largest absolute Gasteiger partial charge is 0.416 e. The van der Waals surface area contributed by atoms with Gasteiger partial charge in [-0.1, -0.05) is 0 Å². The van der Waals surface area contributed by atoms with E-state index in [1.807, 2.05) is 0 Å². The lowest BCUT2D eigenvalue weighted by Crippen LogP contribution is -2.13. The van der Waals surface area contributed by atoms with Crippen molar-refractivity contribution < 1.29 is 39.6 Å². The Kier molecular flexibility index (Phi) is 4.69. The van der Waals surface area contributed by atoms with E-state index >= 15 is 0 Å². The van der Waals surface area contributed by atoms with Crippen LogP contribution < -0.4 is 5.32 Å². The van der Waals surface area contributed by atoms with Crippen LogP contribution in [0, 0.1) is 0 Å². The van der Waals surface area contributed by atoms with Crippen LogP contribution in [0.1, 0.15) is 22.3 Å². The molecule has 0 atom stereocenters. The van der Waals surface area contributed by atoms with Gasteiger partial charge >= 0.3 is 12.4 Å². The van der Waals surface area contributed by atoms with Crippen LogP contribution in [0.5, 0.6) is 0 Å². The number of carbonyl (C=O) groups is 1. The number of halogens is 6. The topological polar surface area (TPSA) is 63.2 Å². The smallest absolute Gasteiger partial charge is 0.326 e. The number of hydrogen-bond acceptors (Lipinski definition) is 3. The van der Waals surface area contributed by atoms with Gasteiger partial charge in [0.25, 0.3) is 0 Å². The molecule has 2 aromatic carbocycles. The summed E-state index contributed by atoms with van der Waals surface area (Å²) in [7, 11) is -4.25. The Morgan fingerprint density at radius 3 is 2.00 bits per heavy atom. The van der Waals surface area contributed by atoms with Gasteiger partial charge in [0.1, 0.15) is 0 Å². The van der Waals surface area contributed by atoms with Gasteiger partial charge in [0.15, 0.2) is 9.84 Å². The van der Waals surface area contributed by atoms with E-state index in [0.29, 0.717) is 23.4 Å². The minimum absolute atomic E-state index is 0.0667. The number of benzene rings is 2. The van der Waals surface area contributed by atoms with Gasteiger partial charge < -0.3 is 5.32 Å². The predicted octanol–water partition coefficient (Wildman–Crippen LogP) is 4.19. The quantitative estimate of drug-likeness (QED) is 0.753. The minimum Gasteiger partial charge on any atom is -0.326 e. The number of anilines is 1. The van der Waals surface area contributed by atoms with Crippen LogP contribution in [0.25, 0.3) is 0 Å². The van der Waals surface area contributed by atoms with E-state index in [1.54, 1.807) is 0 Å². The Balaban J connectivity index is 2.00. The molecule has 4 nitrogen and oxygen atoms in total. The summed E-state index contributed by atoms with van der Waals surface area (Å²) in [6.07, 6.45) is -10.2. The summed E-state index contributed by atoms with van der Waals surface area (Å²) in [5.74, 6) is -1.41. The van der Waals surface area contributed by atoms with E-state index in [0.717, 1.165) is 6.07 Å². The number of carbonyl (C=O) groups excluding carboxylic acids is 1. The van der Waals surface area contributed by atoms with E-state index in [-0.39, 0.29) is 23.3 Å². The van der Waals surface area contributed by atoms with Gasteiger partial charge in [-0.3, -0.25) is 4.79 Å². The highest BCUT2D eigenvalue weighted by molar-refractivity contribution is 7.90. The zero-order chi connectivity index (χ0) is 20.9. The number of nitrogens with one attached hydrogen (secondary N) is 1. The molecule has 150 valence electrons. The van der Waals surface area contributed by atoms with E-state index in [4.69, 9.17) is 0 Å². The Bertz CT molecular complexity index is 1030. The van der Waals surface area contributed by atoms with E-state index in [9.17, 15) is 39.6 Å². The first kappa shape index (κ1) is 20.2. The van der Waals surface area contributed by atoms with Gasteiger partial charge in [-0.15, -0.1) is 0 Å². The van der Waals surface area contributed by atoms with Crippen molar-refractivity contribution in [3.8, 4) is 0 Å². The average molecular weight is 423 g/mol. The molecule has 28 heavy (non-hydrogen) atoms. The van der Waals surface area contributed by atoms with Crippen LogP contribution in [0.3, 0.4) is 0 Å². The van der Waals surface area contributed by atoms with Crippen LogP contribution in [-0.2, 0) is 39.2 Å². The van der Waals surface area contributed by atoms with Gasteiger partial charge in [-0.2, -0.15) is 26.3 Å². The number of amides is 1. The van der Waals surface area contributed by atoms with Crippen molar-refractivity contribution in [2.75, 3.05) is 5.32 Å². The highest BCUT2D eigenvalue weighted by Gasteiger charge is 2.37. The lowest BCUT2D eigenvalue weighted by Gasteiger charge is -2.14. The summed E-state index contributed by atoms with van der Waals surface area (Å²) in [5, 5.41) is 2.49. The SMILES string of the molecule is O=C1Cc2cc(S(=O)(=O)Cc3cc(C(F)(F)F)cc(C(F)(F)F)c3)ccc2N1. The third kappa shape index (κ3) is 4.13. The molecule has 3 rings (SSSR count). The van der Waals surface area contributed by atoms with Crippen LogP contribution in [0.2, 0.25) is 0 Å². The highest BCUT2D eigenvalue weighted by Crippen LogP contribution is 2.37. The van der Waals surface area contributed by atoms with Crippen LogP contribution in [0.15, 0.2) is 41.3 Å². The number of rotatable bonds is 3. The van der Waals surface area contributed by atoms with Gasteiger partial charge in [0, 0.05) is 5.69 Å². The maximum absolute atomic E-state index is 12.9. The van der Waals surface area contributed by atoms with Gasteiger partial charge in [0.2, 0.25) is 5.91 Å². The second kappa shape index (κ2) is 6.50. The molecular weight excluding hydrogens is 412 g/mol. The average Bonchev–Trinajstić information content (AvgIpc) is 2.91. The molecule has 0 aromatic heterocycles. The van der Waals surface area contributed by atoms with Crippen LogP contribution in [-0.4, -0.2) is 14.3 Å². The summed E-state index contributed by atoms with van der Waals surface area (Å²) in [6, 6.07) is 4.33. The Labute approximate surface area is 155 Å². The van der Waals surface area contributed by atoms with Gasteiger partial charge in [-0.05, 0) is 47.5 Å². The zero-order valence-electron chi connectivity index (χ0n) is 13.8. The van der Waals surface area contributed by atoms with Crippen molar-refractivity contribution in [3.63, 3.8) is 0 Å². The molecule has 0 saturated carbocycles. The molecule has 1 heterocycles. The summed E-state index contributed by atoms with van der Waals surface area (Å²) in [6.45, 7) is 0. The van der Waals surface area contributed by atoms with Crippen LogP contribution in [0.4, 0.5) is 32.0 Å². The molecule has 1 aliphatic heterocycles. The fourth-order valence-electron chi connectivity index (χ4n) is 2.80. The summed E-state index contributed by atoms with van der Waals surface area (Å²) >= 11 is 0. The number of alkyl halides is 6. The number of hydrogen-bond donors (Lipinski definition) is 1. The fraction of sp³-hybridized carbons (Fsp3) is 0.235. The molecule has 0 spiro atoms. The first-order chi connectivity index (χ1) is 12.8. The number of sulfone groups is 1. The first-order valence-corrected chi connectivity index (χ1v) is 9.35.